The summed E-state index contributed by atoms with van der Waals surface area (Å²) in [7, 11) is 3.55. The summed E-state index contributed by atoms with van der Waals surface area (Å²) < 4.78 is 5.38. The number of rotatable bonds is 4. The molecular weight excluding hydrogens is 252 g/mol. The van der Waals surface area contributed by atoms with Crippen LogP contribution in [0, 0.1) is 12.8 Å². The van der Waals surface area contributed by atoms with Crippen LogP contribution in [-0.4, -0.2) is 38.1 Å². The van der Waals surface area contributed by atoms with Crippen LogP contribution in [0.3, 0.4) is 0 Å². The van der Waals surface area contributed by atoms with E-state index in [1.165, 1.54) is 5.56 Å². The molecular formula is C16H24N2O2. The first-order valence-corrected chi connectivity index (χ1v) is 7.21. The van der Waals surface area contributed by atoms with E-state index in [0.29, 0.717) is 6.54 Å². The average Bonchev–Trinajstić information content (AvgIpc) is 2.47. The molecule has 1 aliphatic rings. The molecule has 4 nitrogen and oxygen atoms in total. The second kappa shape index (κ2) is 6.75. The summed E-state index contributed by atoms with van der Waals surface area (Å²) in [6.07, 6.45) is 1.88. The highest BCUT2D eigenvalue weighted by Gasteiger charge is 2.24. The minimum Gasteiger partial charge on any atom is -0.496 e. The first-order chi connectivity index (χ1) is 9.61. The molecule has 1 aromatic carbocycles. The maximum absolute atomic E-state index is 12.4. The molecule has 0 bridgehead atoms. The number of benzene rings is 1. The normalized spacial score (nSPS) is 15.9. The molecule has 4 heteroatoms. The number of methoxy groups -OCH3 is 1. The highest BCUT2D eigenvalue weighted by atomic mass is 16.5. The fourth-order valence-corrected chi connectivity index (χ4v) is 2.74. The van der Waals surface area contributed by atoms with E-state index in [9.17, 15) is 4.79 Å². The minimum absolute atomic E-state index is 0.164. The Morgan fingerprint density at radius 3 is 2.75 bits per heavy atom. The zero-order valence-electron chi connectivity index (χ0n) is 12.6. The van der Waals surface area contributed by atoms with E-state index >= 15 is 0 Å². The molecule has 1 heterocycles. The maximum Gasteiger partial charge on any atom is 0.225 e. The molecule has 0 atom stereocenters. The highest BCUT2D eigenvalue weighted by molar-refractivity contribution is 5.78. The number of ether oxygens (including phenoxy) is 1. The predicted molar refractivity (Wildman–Crippen MR) is 79.8 cm³/mol. The monoisotopic (exact) mass is 276 g/mol. The third kappa shape index (κ3) is 3.51. The molecule has 1 fully saturated rings. The first kappa shape index (κ1) is 14.9. The van der Waals surface area contributed by atoms with Gasteiger partial charge in [-0.3, -0.25) is 4.79 Å². The van der Waals surface area contributed by atoms with Crippen LogP contribution >= 0.6 is 0 Å². The van der Waals surface area contributed by atoms with Crippen molar-refractivity contribution in [3.05, 3.63) is 29.3 Å². The Hall–Kier alpha value is -1.55. The molecule has 1 aromatic rings. The summed E-state index contributed by atoms with van der Waals surface area (Å²) in [5, 5.41) is 3.29. The summed E-state index contributed by atoms with van der Waals surface area (Å²) in [4.78, 5) is 14.3. The smallest absolute Gasteiger partial charge is 0.225 e. The summed E-state index contributed by atoms with van der Waals surface area (Å²) in [5.41, 5.74) is 2.25. The number of carbonyl (C=O) groups excluding carboxylic acids is 1. The Morgan fingerprint density at radius 2 is 2.10 bits per heavy atom. The lowest BCUT2D eigenvalue weighted by atomic mass is 9.96. The van der Waals surface area contributed by atoms with E-state index in [-0.39, 0.29) is 11.8 Å². The fraction of sp³-hybridized carbons (Fsp3) is 0.562. The van der Waals surface area contributed by atoms with Gasteiger partial charge in [-0.2, -0.15) is 0 Å². The van der Waals surface area contributed by atoms with Crippen LogP contribution in [0.2, 0.25) is 0 Å². The van der Waals surface area contributed by atoms with Crippen LogP contribution in [0.25, 0.3) is 0 Å². The molecule has 110 valence electrons. The summed E-state index contributed by atoms with van der Waals surface area (Å²) in [6, 6.07) is 6.08. The topological polar surface area (TPSA) is 41.6 Å². The van der Waals surface area contributed by atoms with Crippen LogP contribution in [0.5, 0.6) is 5.75 Å². The molecule has 1 N–H and O–H groups in total. The van der Waals surface area contributed by atoms with E-state index < -0.39 is 0 Å². The molecule has 0 aliphatic carbocycles. The van der Waals surface area contributed by atoms with Gasteiger partial charge in [0.1, 0.15) is 5.75 Å². The van der Waals surface area contributed by atoms with Crippen molar-refractivity contribution in [2.24, 2.45) is 5.92 Å². The second-order valence-corrected chi connectivity index (χ2v) is 5.53. The summed E-state index contributed by atoms with van der Waals surface area (Å²) >= 11 is 0. The molecule has 0 aromatic heterocycles. The third-order valence-corrected chi connectivity index (χ3v) is 3.91. The Labute approximate surface area is 121 Å². The van der Waals surface area contributed by atoms with E-state index in [0.717, 1.165) is 37.2 Å². The number of amides is 1. The third-order valence-electron chi connectivity index (χ3n) is 3.91. The molecule has 1 saturated heterocycles. The van der Waals surface area contributed by atoms with Gasteiger partial charge < -0.3 is 15.0 Å². The lowest BCUT2D eigenvalue weighted by Crippen LogP contribution is -2.38. The van der Waals surface area contributed by atoms with Gasteiger partial charge in [0.15, 0.2) is 0 Å². The molecule has 2 rings (SSSR count). The number of carbonyl (C=O) groups is 1. The molecule has 0 unspecified atom stereocenters. The number of nitrogens with one attached hydrogen (secondary N) is 1. The van der Waals surface area contributed by atoms with Crippen molar-refractivity contribution in [3.63, 3.8) is 0 Å². The molecule has 0 saturated carbocycles. The lowest BCUT2D eigenvalue weighted by molar-refractivity contribution is -0.135. The Bertz CT molecular complexity index is 468. The van der Waals surface area contributed by atoms with Gasteiger partial charge >= 0.3 is 0 Å². The van der Waals surface area contributed by atoms with Crippen LogP contribution in [0.1, 0.15) is 24.0 Å². The van der Waals surface area contributed by atoms with Crippen molar-refractivity contribution in [1.29, 1.82) is 0 Å². The quantitative estimate of drug-likeness (QED) is 0.914. The molecule has 20 heavy (non-hydrogen) atoms. The minimum atomic E-state index is 0.164. The second-order valence-electron chi connectivity index (χ2n) is 5.53. The van der Waals surface area contributed by atoms with E-state index in [1.54, 1.807) is 7.11 Å². The number of hydrogen-bond donors (Lipinski definition) is 1. The van der Waals surface area contributed by atoms with Gasteiger partial charge in [0.2, 0.25) is 5.91 Å². The Morgan fingerprint density at radius 1 is 1.40 bits per heavy atom. The zero-order chi connectivity index (χ0) is 14.5. The molecule has 0 radical (unpaired) electrons. The van der Waals surface area contributed by atoms with Gasteiger partial charge in [0, 0.05) is 25.1 Å². The molecule has 1 aliphatic heterocycles. The largest absolute Gasteiger partial charge is 0.496 e. The Balaban J connectivity index is 2.04. The summed E-state index contributed by atoms with van der Waals surface area (Å²) in [5.74, 6) is 1.26. The SMILES string of the molecule is COc1ccc(C)cc1CN(C)C(=O)C1CCNCC1. The maximum atomic E-state index is 12.4. The van der Waals surface area contributed by atoms with Gasteiger partial charge in [0.05, 0.1) is 7.11 Å². The van der Waals surface area contributed by atoms with Crippen molar-refractivity contribution < 1.29 is 9.53 Å². The van der Waals surface area contributed by atoms with Crippen molar-refractivity contribution >= 4 is 5.91 Å². The zero-order valence-corrected chi connectivity index (χ0v) is 12.6. The molecule has 0 spiro atoms. The van der Waals surface area contributed by atoms with Gasteiger partial charge in [-0.1, -0.05) is 17.7 Å². The number of hydrogen-bond acceptors (Lipinski definition) is 3. The highest BCUT2D eigenvalue weighted by Crippen LogP contribution is 2.22. The fourth-order valence-electron chi connectivity index (χ4n) is 2.74. The standard InChI is InChI=1S/C16H24N2O2/c1-12-4-5-15(20-3)14(10-12)11-18(2)16(19)13-6-8-17-9-7-13/h4-5,10,13,17H,6-9,11H2,1-3H3. The first-order valence-electron chi connectivity index (χ1n) is 7.21. The van der Waals surface area contributed by atoms with Gasteiger partial charge in [-0.15, -0.1) is 0 Å². The number of aryl methyl sites for hydroxylation is 1. The van der Waals surface area contributed by atoms with E-state index in [4.69, 9.17) is 4.74 Å². The van der Waals surface area contributed by atoms with Gasteiger partial charge in [0.25, 0.3) is 0 Å². The van der Waals surface area contributed by atoms with Gasteiger partial charge in [-0.05, 0) is 38.9 Å². The Kier molecular flexibility index (Phi) is 5.01. The average molecular weight is 276 g/mol. The van der Waals surface area contributed by atoms with Crippen LogP contribution in [0.15, 0.2) is 18.2 Å². The van der Waals surface area contributed by atoms with Crippen molar-refractivity contribution in [2.45, 2.75) is 26.3 Å². The predicted octanol–water partition coefficient (Wildman–Crippen LogP) is 1.96. The van der Waals surface area contributed by atoms with Crippen molar-refractivity contribution in [1.82, 2.24) is 10.2 Å². The van der Waals surface area contributed by atoms with E-state index in [2.05, 4.69) is 18.3 Å². The van der Waals surface area contributed by atoms with Crippen molar-refractivity contribution in [2.75, 3.05) is 27.2 Å². The van der Waals surface area contributed by atoms with Gasteiger partial charge in [-0.25, -0.2) is 0 Å². The van der Waals surface area contributed by atoms with Crippen LogP contribution < -0.4 is 10.1 Å². The number of nitrogens with zero attached hydrogens (tertiary/aromatic N) is 1. The summed E-state index contributed by atoms with van der Waals surface area (Å²) in [6.45, 7) is 4.54. The van der Waals surface area contributed by atoms with Crippen LogP contribution in [-0.2, 0) is 11.3 Å². The molecule has 1 amide bonds. The van der Waals surface area contributed by atoms with Crippen molar-refractivity contribution in [3.8, 4) is 5.75 Å². The lowest BCUT2D eigenvalue weighted by Gasteiger charge is -2.27. The number of piperidine rings is 1. The van der Waals surface area contributed by atoms with E-state index in [1.807, 2.05) is 24.1 Å². The van der Waals surface area contributed by atoms with Crippen LogP contribution in [0.4, 0.5) is 0 Å².